The van der Waals surface area contributed by atoms with E-state index in [1.54, 1.807) is 0 Å². The highest BCUT2D eigenvalue weighted by Crippen LogP contribution is 2.37. The molecule has 32 heavy (non-hydrogen) atoms. The quantitative estimate of drug-likeness (QED) is 0.239. The van der Waals surface area contributed by atoms with Gasteiger partial charge in [0, 0.05) is 6.07 Å². The molecule has 0 aromatic heterocycles. The Balaban J connectivity index is 2.21. The molecule has 0 aliphatic heterocycles. The second-order valence-electron chi connectivity index (χ2n) is 5.87. The number of thioether (sulfide) groups is 1. The van der Waals surface area contributed by atoms with Crippen molar-refractivity contribution in [2.45, 2.75) is 21.5 Å². The van der Waals surface area contributed by atoms with Crippen LogP contribution in [0.3, 0.4) is 0 Å². The zero-order chi connectivity index (χ0) is 24.5. The van der Waals surface area contributed by atoms with Crippen molar-refractivity contribution in [3.63, 3.8) is 0 Å². The van der Waals surface area contributed by atoms with Gasteiger partial charge in [0.05, 0.1) is 36.7 Å². The molecule has 0 atom stereocenters. The zero-order valence-electron chi connectivity index (χ0n) is 15.1. The largest absolute Gasteiger partial charge is 0.501 e. The van der Waals surface area contributed by atoms with Crippen molar-refractivity contribution in [1.29, 1.82) is 0 Å². The van der Waals surface area contributed by atoms with Crippen molar-refractivity contribution in [3.8, 4) is 0 Å². The van der Waals surface area contributed by atoms with Crippen molar-refractivity contribution in [3.05, 3.63) is 57.1 Å². The minimum Gasteiger partial charge on any atom is -0.324 e. The van der Waals surface area contributed by atoms with Crippen molar-refractivity contribution >= 4 is 50.5 Å². The lowest BCUT2D eigenvalue weighted by molar-refractivity contribution is -0.388. The first-order valence-electron chi connectivity index (χ1n) is 7.93. The van der Waals surface area contributed by atoms with Crippen LogP contribution >= 0.6 is 23.4 Å². The van der Waals surface area contributed by atoms with E-state index in [0.717, 1.165) is 12.1 Å². The number of hydrogen-bond acceptors (Lipinski definition) is 6. The average molecular weight is 523 g/mol. The van der Waals surface area contributed by atoms with E-state index in [9.17, 15) is 49.7 Å². The van der Waals surface area contributed by atoms with Crippen LogP contribution in [0.15, 0.2) is 46.2 Å². The maximum absolute atomic E-state index is 12.7. The van der Waals surface area contributed by atoms with E-state index in [0.29, 0.717) is 36.0 Å². The number of hydrogen-bond donors (Lipinski definition) is 1. The number of carbonyl (C=O) groups is 1. The third-order valence-electron chi connectivity index (χ3n) is 3.67. The molecule has 2 aromatic rings. The van der Waals surface area contributed by atoms with Crippen molar-refractivity contribution in [1.82, 2.24) is 0 Å². The van der Waals surface area contributed by atoms with Gasteiger partial charge in [-0.2, -0.15) is 26.3 Å². The van der Waals surface area contributed by atoms with Gasteiger partial charge in [0.15, 0.2) is 0 Å². The van der Waals surface area contributed by atoms with E-state index in [1.165, 1.54) is 0 Å². The van der Waals surface area contributed by atoms with Crippen LogP contribution in [0.4, 0.5) is 37.7 Å². The summed E-state index contributed by atoms with van der Waals surface area (Å²) in [6.07, 6.45) is -4.83. The van der Waals surface area contributed by atoms with Gasteiger partial charge in [-0.3, -0.25) is 14.9 Å². The van der Waals surface area contributed by atoms with E-state index < -0.39 is 59.9 Å². The van der Waals surface area contributed by atoms with Crippen LogP contribution in [0.1, 0.15) is 5.56 Å². The smallest absolute Gasteiger partial charge is 0.324 e. The summed E-state index contributed by atoms with van der Waals surface area (Å²) in [5.41, 5.74) is -8.26. The summed E-state index contributed by atoms with van der Waals surface area (Å²) >= 11 is 6.23. The summed E-state index contributed by atoms with van der Waals surface area (Å²) < 4.78 is 99.2. The zero-order valence-corrected chi connectivity index (χ0v) is 17.5. The number of benzene rings is 2. The predicted octanol–water partition coefficient (Wildman–Crippen LogP) is 5.29. The molecular formula is C16H9ClF6N2O5S2. The first kappa shape index (κ1) is 25.7. The Kier molecular flexibility index (Phi) is 7.36. The fraction of sp³-hybridized carbons (Fsp3) is 0.188. The number of nitro groups is 1. The van der Waals surface area contributed by atoms with E-state index in [4.69, 9.17) is 11.6 Å². The lowest BCUT2D eigenvalue weighted by Crippen LogP contribution is -2.23. The van der Waals surface area contributed by atoms with Gasteiger partial charge >= 0.3 is 11.7 Å². The van der Waals surface area contributed by atoms with Gasteiger partial charge < -0.3 is 5.32 Å². The van der Waals surface area contributed by atoms with Crippen molar-refractivity contribution < 1.29 is 44.5 Å². The van der Waals surface area contributed by atoms with Crippen molar-refractivity contribution in [2.24, 2.45) is 0 Å². The molecule has 0 saturated carbocycles. The lowest BCUT2D eigenvalue weighted by Gasteiger charge is -2.12. The van der Waals surface area contributed by atoms with E-state index in [-0.39, 0.29) is 9.92 Å². The number of alkyl halides is 6. The minimum absolute atomic E-state index is 0.280. The van der Waals surface area contributed by atoms with Crippen molar-refractivity contribution in [2.75, 3.05) is 11.1 Å². The van der Waals surface area contributed by atoms with E-state index in [2.05, 4.69) is 5.32 Å². The number of sulfone groups is 1. The Morgan fingerprint density at radius 2 is 1.72 bits per heavy atom. The molecule has 1 N–H and O–H groups in total. The molecule has 1 amide bonds. The Hall–Kier alpha value is -2.52. The Morgan fingerprint density at radius 3 is 2.25 bits per heavy atom. The summed E-state index contributed by atoms with van der Waals surface area (Å²) in [5.74, 6) is -1.58. The van der Waals surface area contributed by atoms with Gasteiger partial charge in [0.2, 0.25) is 5.91 Å². The minimum atomic E-state index is -5.72. The number of nitrogens with zero attached hydrogens (tertiary/aromatic N) is 1. The van der Waals surface area contributed by atoms with E-state index in [1.807, 2.05) is 0 Å². The first-order valence-corrected chi connectivity index (χ1v) is 10.8. The molecule has 174 valence electrons. The standard InChI is InChI=1S/C16H9ClF6N2O5S2/c17-10-3-2-9(32(29,30)16(21,22)23)6-11(10)24-14(26)7-31-13-4-1-8(15(18,19)20)5-12(13)25(27)28/h1-6H,7H2,(H,24,26). The molecule has 0 heterocycles. The fourth-order valence-electron chi connectivity index (χ4n) is 2.19. The van der Waals surface area contributed by atoms with Crippen LogP contribution in [0.25, 0.3) is 0 Å². The number of nitrogens with one attached hydrogen (secondary N) is 1. The number of amides is 1. The van der Waals surface area contributed by atoms with Gasteiger partial charge in [0.25, 0.3) is 15.5 Å². The number of rotatable bonds is 6. The third-order valence-corrected chi connectivity index (χ3v) is 6.54. The second kappa shape index (κ2) is 9.15. The molecule has 0 unspecified atom stereocenters. The molecule has 0 spiro atoms. The Labute approximate surface area is 184 Å². The predicted molar refractivity (Wildman–Crippen MR) is 102 cm³/mol. The summed E-state index contributed by atoms with van der Waals surface area (Å²) in [4.78, 5) is 20.6. The maximum atomic E-state index is 12.7. The van der Waals surface area contributed by atoms with Crippen LogP contribution in [0.2, 0.25) is 5.02 Å². The van der Waals surface area contributed by atoms with Gasteiger partial charge in [-0.25, -0.2) is 8.42 Å². The molecule has 2 aromatic carbocycles. The molecule has 0 aliphatic carbocycles. The molecule has 0 saturated heterocycles. The summed E-state index contributed by atoms with van der Waals surface area (Å²) in [6.45, 7) is 0. The number of nitro benzene ring substituents is 1. The highest BCUT2D eigenvalue weighted by Gasteiger charge is 2.47. The number of carbonyl (C=O) groups excluding carboxylic acids is 1. The molecule has 0 radical (unpaired) electrons. The monoisotopic (exact) mass is 522 g/mol. The van der Waals surface area contributed by atoms with Crippen LogP contribution in [0, 0.1) is 10.1 Å². The Bertz CT molecular complexity index is 1170. The number of halogens is 7. The molecule has 0 bridgehead atoms. The maximum Gasteiger partial charge on any atom is 0.501 e. The molecule has 2 rings (SSSR count). The molecule has 16 heteroatoms. The summed E-state index contributed by atoms with van der Waals surface area (Å²) in [6, 6.07) is 3.54. The van der Waals surface area contributed by atoms with Gasteiger partial charge in [-0.15, -0.1) is 11.8 Å². The second-order valence-corrected chi connectivity index (χ2v) is 9.23. The van der Waals surface area contributed by atoms with Crippen LogP contribution < -0.4 is 5.32 Å². The lowest BCUT2D eigenvalue weighted by atomic mass is 10.2. The third kappa shape index (κ3) is 5.83. The normalized spacial score (nSPS) is 12.5. The summed E-state index contributed by atoms with van der Waals surface area (Å²) in [7, 11) is -5.72. The SMILES string of the molecule is O=C(CSc1ccc(C(F)(F)F)cc1[N+](=O)[O-])Nc1cc(S(=O)(=O)C(F)(F)F)ccc1Cl. The highest BCUT2D eigenvalue weighted by atomic mass is 35.5. The fourth-order valence-corrected chi connectivity index (χ4v) is 3.95. The summed E-state index contributed by atoms with van der Waals surface area (Å²) in [5, 5.41) is 12.8. The molecular weight excluding hydrogens is 514 g/mol. The van der Waals surface area contributed by atoms with E-state index >= 15 is 0 Å². The van der Waals surface area contributed by atoms with Gasteiger partial charge in [-0.05, 0) is 30.3 Å². The number of anilines is 1. The van der Waals surface area contributed by atoms with Crippen LogP contribution in [-0.2, 0) is 20.8 Å². The van der Waals surface area contributed by atoms with Gasteiger partial charge in [-0.1, -0.05) is 11.6 Å². The molecule has 0 fully saturated rings. The topological polar surface area (TPSA) is 106 Å². The van der Waals surface area contributed by atoms with Crippen LogP contribution in [0.5, 0.6) is 0 Å². The molecule has 7 nitrogen and oxygen atoms in total. The first-order chi connectivity index (χ1) is 14.5. The average Bonchev–Trinajstić information content (AvgIpc) is 2.66. The van der Waals surface area contributed by atoms with Gasteiger partial charge in [0.1, 0.15) is 0 Å². The highest BCUT2D eigenvalue weighted by molar-refractivity contribution is 8.00. The van der Waals surface area contributed by atoms with Crippen LogP contribution in [-0.4, -0.2) is 30.5 Å². The molecule has 0 aliphatic rings. The Morgan fingerprint density at radius 1 is 1.09 bits per heavy atom.